The molecule has 0 bridgehead atoms. The third-order valence-corrected chi connectivity index (χ3v) is 7.85. The average Bonchev–Trinajstić information content (AvgIpc) is 3.17. The summed E-state index contributed by atoms with van der Waals surface area (Å²) >= 11 is 0. The van der Waals surface area contributed by atoms with Crippen LogP contribution in [0.2, 0.25) is 0 Å². The van der Waals surface area contributed by atoms with Gasteiger partial charge in [0.15, 0.2) is 9.84 Å². The number of rotatable bonds is 6. The summed E-state index contributed by atoms with van der Waals surface area (Å²) in [5.41, 5.74) is 1.31. The van der Waals surface area contributed by atoms with E-state index in [-0.39, 0.29) is 17.4 Å². The van der Waals surface area contributed by atoms with Crippen molar-refractivity contribution in [3.8, 4) is 5.75 Å². The fourth-order valence-corrected chi connectivity index (χ4v) is 5.90. The van der Waals surface area contributed by atoms with Crippen LogP contribution in [0.1, 0.15) is 75.7 Å². The van der Waals surface area contributed by atoms with Crippen LogP contribution < -0.4 is 4.74 Å². The lowest BCUT2D eigenvalue weighted by molar-refractivity contribution is -0.133. The van der Waals surface area contributed by atoms with Crippen LogP contribution in [0.3, 0.4) is 0 Å². The highest BCUT2D eigenvalue weighted by molar-refractivity contribution is 7.92. The second kappa shape index (κ2) is 8.35. The van der Waals surface area contributed by atoms with Crippen LogP contribution in [0.4, 0.5) is 0 Å². The SMILES string of the molecule is O=C(CCS(=O)(=O)C1CCCC1)Oc1ccc(C2CCCCC2)cc1. The Kier molecular flexibility index (Phi) is 6.15. The van der Waals surface area contributed by atoms with Gasteiger partial charge >= 0.3 is 5.97 Å². The third-order valence-electron chi connectivity index (χ3n) is 5.59. The van der Waals surface area contributed by atoms with Crippen molar-refractivity contribution in [2.24, 2.45) is 0 Å². The van der Waals surface area contributed by atoms with Gasteiger partial charge in [-0.25, -0.2) is 8.42 Å². The van der Waals surface area contributed by atoms with Crippen molar-refractivity contribution in [1.82, 2.24) is 0 Å². The zero-order valence-corrected chi connectivity index (χ0v) is 15.6. The summed E-state index contributed by atoms with van der Waals surface area (Å²) < 4.78 is 29.7. The second-order valence-electron chi connectivity index (χ2n) is 7.40. The summed E-state index contributed by atoms with van der Waals surface area (Å²) in [6.07, 6.45) is 9.73. The van der Waals surface area contributed by atoms with E-state index in [0.717, 1.165) is 25.7 Å². The number of benzene rings is 1. The van der Waals surface area contributed by atoms with Crippen LogP contribution in [0.15, 0.2) is 24.3 Å². The van der Waals surface area contributed by atoms with Crippen LogP contribution in [-0.4, -0.2) is 25.4 Å². The monoisotopic (exact) mass is 364 g/mol. The maximum Gasteiger partial charge on any atom is 0.312 e. The highest BCUT2D eigenvalue weighted by atomic mass is 32.2. The van der Waals surface area contributed by atoms with E-state index in [1.54, 1.807) is 0 Å². The molecule has 0 aromatic heterocycles. The Morgan fingerprint density at radius 1 is 0.920 bits per heavy atom. The Bertz CT molecular complexity index is 666. The molecular weight excluding hydrogens is 336 g/mol. The number of hydrogen-bond donors (Lipinski definition) is 0. The maximum atomic E-state index is 12.2. The number of carbonyl (C=O) groups is 1. The normalized spacial score (nSPS) is 19.8. The summed E-state index contributed by atoms with van der Waals surface area (Å²) in [5.74, 6) is 0.557. The van der Waals surface area contributed by atoms with Gasteiger partial charge < -0.3 is 4.74 Å². The summed E-state index contributed by atoms with van der Waals surface area (Å²) in [6.45, 7) is 0. The lowest BCUT2D eigenvalue weighted by atomic mass is 9.84. The molecule has 0 aliphatic heterocycles. The van der Waals surface area contributed by atoms with E-state index < -0.39 is 15.8 Å². The Morgan fingerprint density at radius 2 is 1.52 bits per heavy atom. The molecule has 2 saturated carbocycles. The lowest BCUT2D eigenvalue weighted by Crippen LogP contribution is -2.23. The molecule has 0 saturated heterocycles. The minimum Gasteiger partial charge on any atom is -0.427 e. The molecule has 5 heteroatoms. The molecule has 0 atom stereocenters. The first kappa shape index (κ1) is 18.4. The van der Waals surface area contributed by atoms with Crippen LogP contribution in [0, 0.1) is 0 Å². The number of ether oxygens (including phenoxy) is 1. The summed E-state index contributed by atoms with van der Waals surface area (Å²) in [5, 5.41) is -0.255. The van der Waals surface area contributed by atoms with Crippen LogP contribution in [0.25, 0.3) is 0 Å². The average molecular weight is 365 g/mol. The van der Waals surface area contributed by atoms with Crippen molar-refractivity contribution in [3.05, 3.63) is 29.8 Å². The van der Waals surface area contributed by atoms with E-state index in [2.05, 4.69) is 0 Å². The van der Waals surface area contributed by atoms with Gasteiger partial charge in [-0.05, 0) is 49.3 Å². The topological polar surface area (TPSA) is 60.4 Å². The van der Waals surface area contributed by atoms with Gasteiger partial charge in [0.05, 0.1) is 17.4 Å². The molecular formula is C20H28O4S. The highest BCUT2D eigenvalue weighted by Crippen LogP contribution is 2.33. The number of esters is 1. The Morgan fingerprint density at radius 3 is 2.16 bits per heavy atom. The second-order valence-corrected chi connectivity index (χ2v) is 9.80. The molecule has 2 aliphatic rings. The molecule has 3 rings (SSSR count). The zero-order chi connectivity index (χ0) is 17.7. The predicted molar refractivity (Wildman–Crippen MR) is 98.6 cm³/mol. The van der Waals surface area contributed by atoms with E-state index in [1.165, 1.54) is 37.7 Å². The van der Waals surface area contributed by atoms with Gasteiger partial charge in [-0.2, -0.15) is 0 Å². The van der Waals surface area contributed by atoms with Gasteiger partial charge in [0.1, 0.15) is 5.75 Å². The minimum atomic E-state index is -3.17. The molecule has 0 unspecified atom stereocenters. The smallest absolute Gasteiger partial charge is 0.312 e. The van der Waals surface area contributed by atoms with Gasteiger partial charge in [0, 0.05) is 0 Å². The van der Waals surface area contributed by atoms with Crippen molar-refractivity contribution >= 4 is 15.8 Å². The highest BCUT2D eigenvalue weighted by Gasteiger charge is 2.29. The molecule has 1 aromatic carbocycles. The van der Waals surface area contributed by atoms with E-state index >= 15 is 0 Å². The molecule has 0 heterocycles. The molecule has 4 nitrogen and oxygen atoms in total. The van der Waals surface area contributed by atoms with E-state index in [0.29, 0.717) is 11.7 Å². The molecule has 0 spiro atoms. The van der Waals surface area contributed by atoms with Gasteiger partial charge in [-0.3, -0.25) is 4.79 Å². The van der Waals surface area contributed by atoms with Crippen LogP contribution in [0.5, 0.6) is 5.75 Å². The molecule has 2 fully saturated rings. The zero-order valence-electron chi connectivity index (χ0n) is 14.8. The summed E-state index contributed by atoms with van der Waals surface area (Å²) in [6, 6.07) is 7.72. The number of carbonyl (C=O) groups excluding carboxylic acids is 1. The lowest BCUT2D eigenvalue weighted by Gasteiger charge is -2.22. The fraction of sp³-hybridized carbons (Fsp3) is 0.650. The van der Waals surface area contributed by atoms with Crippen LogP contribution in [-0.2, 0) is 14.6 Å². The number of hydrogen-bond acceptors (Lipinski definition) is 4. The molecule has 0 amide bonds. The van der Waals surface area contributed by atoms with E-state index in [9.17, 15) is 13.2 Å². The quantitative estimate of drug-likeness (QED) is 0.555. The Labute approximate surface area is 150 Å². The molecule has 25 heavy (non-hydrogen) atoms. The summed E-state index contributed by atoms with van der Waals surface area (Å²) in [7, 11) is -3.17. The van der Waals surface area contributed by atoms with Crippen molar-refractivity contribution in [1.29, 1.82) is 0 Å². The van der Waals surface area contributed by atoms with Crippen molar-refractivity contribution in [3.63, 3.8) is 0 Å². The van der Waals surface area contributed by atoms with Gasteiger partial charge in [0.25, 0.3) is 0 Å². The standard InChI is InChI=1S/C20H28O4S/c21-20(14-15-25(22,23)19-8-4-5-9-19)24-18-12-10-17(11-13-18)16-6-2-1-3-7-16/h10-13,16,19H,1-9,14-15H2. The number of sulfone groups is 1. The minimum absolute atomic E-state index is 0.0663. The molecule has 1 aromatic rings. The maximum absolute atomic E-state index is 12.2. The summed E-state index contributed by atoms with van der Waals surface area (Å²) in [4.78, 5) is 12.0. The van der Waals surface area contributed by atoms with E-state index in [4.69, 9.17) is 4.74 Å². The molecule has 0 N–H and O–H groups in total. The fourth-order valence-electron chi connectivity index (χ4n) is 4.07. The van der Waals surface area contributed by atoms with Gasteiger partial charge in [-0.15, -0.1) is 0 Å². The van der Waals surface area contributed by atoms with Gasteiger partial charge in [-0.1, -0.05) is 44.2 Å². The molecule has 138 valence electrons. The predicted octanol–water partition coefficient (Wildman–Crippen LogP) is 4.39. The first-order chi connectivity index (χ1) is 12.0. The first-order valence-corrected chi connectivity index (χ1v) is 11.3. The third kappa shape index (κ3) is 5.06. The first-order valence-electron chi connectivity index (χ1n) is 9.57. The Balaban J connectivity index is 1.49. The van der Waals surface area contributed by atoms with Crippen molar-refractivity contribution in [2.45, 2.75) is 75.4 Å². The largest absolute Gasteiger partial charge is 0.427 e. The van der Waals surface area contributed by atoms with Gasteiger partial charge in [0.2, 0.25) is 0 Å². The Hall–Kier alpha value is -1.36. The van der Waals surface area contributed by atoms with E-state index in [1.807, 2.05) is 24.3 Å². The van der Waals surface area contributed by atoms with Crippen molar-refractivity contribution in [2.75, 3.05) is 5.75 Å². The van der Waals surface area contributed by atoms with Crippen molar-refractivity contribution < 1.29 is 17.9 Å². The van der Waals surface area contributed by atoms with Crippen LogP contribution >= 0.6 is 0 Å². The molecule has 2 aliphatic carbocycles. The molecule has 0 radical (unpaired) electrons.